The predicted octanol–water partition coefficient (Wildman–Crippen LogP) is 4.13. The van der Waals surface area contributed by atoms with Crippen molar-refractivity contribution in [3.05, 3.63) is 54.1 Å². The topological polar surface area (TPSA) is 34.9 Å². The van der Waals surface area contributed by atoms with E-state index in [4.69, 9.17) is 0 Å². The van der Waals surface area contributed by atoms with Crippen molar-refractivity contribution < 1.29 is 9.18 Å². The van der Waals surface area contributed by atoms with Gasteiger partial charge in [0.05, 0.1) is 17.6 Å². The number of ketones is 1. The molecule has 0 N–H and O–H groups in total. The first-order valence-electron chi connectivity index (χ1n) is 7.31. The highest BCUT2D eigenvalue weighted by atomic mass is 19.1. The van der Waals surface area contributed by atoms with Crippen LogP contribution in [-0.2, 0) is 11.3 Å². The van der Waals surface area contributed by atoms with Crippen molar-refractivity contribution in [1.82, 2.24) is 9.55 Å². The van der Waals surface area contributed by atoms with E-state index in [0.717, 1.165) is 22.2 Å². The van der Waals surface area contributed by atoms with Gasteiger partial charge in [-0.2, -0.15) is 0 Å². The van der Waals surface area contributed by atoms with Crippen LogP contribution in [0.15, 0.2) is 42.7 Å². The second-order valence-corrected chi connectivity index (χ2v) is 5.43. The number of pyridine rings is 1. The minimum Gasteiger partial charge on any atom is -0.339 e. The van der Waals surface area contributed by atoms with Gasteiger partial charge in [0.2, 0.25) is 0 Å². The maximum absolute atomic E-state index is 13.4. The monoisotopic (exact) mass is 296 g/mol. The quantitative estimate of drug-likeness (QED) is 0.725. The second kappa shape index (κ2) is 5.72. The zero-order chi connectivity index (χ0) is 15.7. The molecule has 0 radical (unpaired) electrons. The zero-order valence-corrected chi connectivity index (χ0v) is 12.6. The largest absolute Gasteiger partial charge is 0.339 e. The smallest absolute Gasteiger partial charge is 0.152 e. The Balaban J connectivity index is 2.06. The summed E-state index contributed by atoms with van der Waals surface area (Å²) in [5.74, 6) is -0.0322. The average Bonchev–Trinajstić information content (AvgIpc) is 2.92. The van der Waals surface area contributed by atoms with Crippen LogP contribution >= 0.6 is 0 Å². The molecule has 0 fully saturated rings. The van der Waals surface area contributed by atoms with Crippen molar-refractivity contribution in [3.8, 4) is 11.1 Å². The Morgan fingerprint density at radius 3 is 2.77 bits per heavy atom. The number of hydrogen-bond acceptors (Lipinski definition) is 2. The highest BCUT2D eigenvalue weighted by molar-refractivity contribution is 5.84. The highest BCUT2D eigenvalue weighted by Gasteiger charge is 2.08. The number of fused-ring (bicyclic) bond motifs is 1. The maximum atomic E-state index is 13.4. The number of rotatable bonds is 4. The van der Waals surface area contributed by atoms with E-state index in [1.807, 2.05) is 35.9 Å². The SMILES string of the molecule is CCC(=O)Cn1ccc2ncc(-c3ccc(F)c(C)c3)cc21. The van der Waals surface area contributed by atoms with E-state index in [0.29, 0.717) is 18.5 Å². The summed E-state index contributed by atoms with van der Waals surface area (Å²) in [5.41, 5.74) is 4.21. The normalized spacial score (nSPS) is 11.0. The summed E-state index contributed by atoms with van der Waals surface area (Å²) in [5, 5.41) is 0. The van der Waals surface area contributed by atoms with E-state index in [-0.39, 0.29) is 11.6 Å². The van der Waals surface area contributed by atoms with E-state index in [2.05, 4.69) is 4.98 Å². The lowest BCUT2D eigenvalue weighted by molar-refractivity contribution is -0.119. The van der Waals surface area contributed by atoms with Crippen LogP contribution in [0.2, 0.25) is 0 Å². The molecule has 0 aliphatic rings. The molecular formula is C18H17FN2O. The Labute approximate surface area is 128 Å². The van der Waals surface area contributed by atoms with Crippen molar-refractivity contribution >= 4 is 16.8 Å². The van der Waals surface area contributed by atoms with Gasteiger partial charge in [0.25, 0.3) is 0 Å². The number of halogens is 1. The number of carbonyl (C=O) groups excluding carboxylic acids is 1. The summed E-state index contributed by atoms with van der Waals surface area (Å²) < 4.78 is 15.3. The molecule has 0 saturated carbocycles. The zero-order valence-electron chi connectivity index (χ0n) is 12.6. The Morgan fingerprint density at radius 2 is 2.05 bits per heavy atom. The van der Waals surface area contributed by atoms with E-state index in [1.54, 1.807) is 19.2 Å². The fraction of sp³-hybridized carbons (Fsp3) is 0.222. The number of aromatic nitrogens is 2. The molecule has 2 aromatic heterocycles. The summed E-state index contributed by atoms with van der Waals surface area (Å²) in [6.45, 7) is 3.96. The van der Waals surface area contributed by atoms with Crippen molar-refractivity contribution in [1.29, 1.82) is 0 Å². The van der Waals surface area contributed by atoms with Crippen molar-refractivity contribution in [2.75, 3.05) is 0 Å². The molecule has 4 heteroatoms. The molecule has 3 aromatic rings. The predicted molar refractivity (Wildman–Crippen MR) is 85.2 cm³/mol. The van der Waals surface area contributed by atoms with E-state index < -0.39 is 0 Å². The minimum absolute atomic E-state index is 0.181. The Morgan fingerprint density at radius 1 is 1.23 bits per heavy atom. The van der Waals surface area contributed by atoms with E-state index in [1.165, 1.54) is 6.07 Å². The number of hydrogen-bond donors (Lipinski definition) is 0. The molecule has 1 aromatic carbocycles. The third kappa shape index (κ3) is 2.64. The number of benzene rings is 1. The average molecular weight is 296 g/mol. The number of Topliss-reactive ketones (excluding diaryl/α,β-unsaturated/α-hetero) is 1. The lowest BCUT2D eigenvalue weighted by Gasteiger charge is -2.07. The first kappa shape index (κ1) is 14.4. The Hall–Kier alpha value is -2.49. The molecule has 0 aliphatic heterocycles. The van der Waals surface area contributed by atoms with Gasteiger partial charge < -0.3 is 4.57 Å². The molecule has 22 heavy (non-hydrogen) atoms. The van der Waals surface area contributed by atoms with Crippen molar-refractivity contribution in [3.63, 3.8) is 0 Å². The molecule has 2 heterocycles. The molecule has 0 aliphatic carbocycles. The van der Waals surface area contributed by atoms with Crippen LogP contribution in [-0.4, -0.2) is 15.3 Å². The molecule has 0 bridgehead atoms. The molecule has 0 spiro atoms. The second-order valence-electron chi connectivity index (χ2n) is 5.43. The van der Waals surface area contributed by atoms with Gasteiger partial charge >= 0.3 is 0 Å². The molecule has 0 saturated heterocycles. The van der Waals surface area contributed by atoms with Crippen molar-refractivity contribution in [2.24, 2.45) is 0 Å². The Bertz CT molecular complexity index is 851. The minimum atomic E-state index is -0.213. The fourth-order valence-electron chi connectivity index (χ4n) is 2.48. The van der Waals surface area contributed by atoms with Gasteiger partial charge in [0.1, 0.15) is 5.82 Å². The molecule has 3 nitrogen and oxygen atoms in total. The van der Waals surface area contributed by atoms with E-state index in [9.17, 15) is 9.18 Å². The van der Waals surface area contributed by atoms with Crippen molar-refractivity contribution in [2.45, 2.75) is 26.8 Å². The Kier molecular flexibility index (Phi) is 3.75. The van der Waals surface area contributed by atoms with Crippen LogP contribution in [0.3, 0.4) is 0 Å². The van der Waals surface area contributed by atoms with Crippen LogP contribution in [0.25, 0.3) is 22.2 Å². The highest BCUT2D eigenvalue weighted by Crippen LogP contribution is 2.25. The lowest BCUT2D eigenvalue weighted by atomic mass is 10.0. The van der Waals surface area contributed by atoms with E-state index >= 15 is 0 Å². The third-order valence-corrected chi connectivity index (χ3v) is 3.85. The number of aryl methyl sites for hydroxylation is 1. The number of nitrogens with zero attached hydrogens (tertiary/aromatic N) is 2. The van der Waals surface area contributed by atoms with Gasteiger partial charge in [0.15, 0.2) is 5.78 Å². The van der Waals surface area contributed by atoms with Crippen LogP contribution in [0.4, 0.5) is 4.39 Å². The molecule has 0 atom stereocenters. The van der Waals surface area contributed by atoms with Crippen LogP contribution < -0.4 is 0 Å². The van der Waals surface area contributed by atoms with Crippen LogP contribution in [0.1, 0.15) is 18.9 Å². The molecule has 0 amide bonds. The molecular weight excluding hydrogens is 279 g/mol. The van der Waals surface area contributed by atoms with Crippen LogP contribution in [0, 0.1) is 12.7 Å². The number of carbonyl (C=O) groups is 1. The first-order chi connectivity index (χ1) is 10.6. The maximum Gasteiger partial charge on any atom is 0.152 e. The summed E-state index contributed by atoms with van der Waals surface area (Å²) in [6.07, 6.45) is 4.18. The standard InChI is InChI=1S/C18H17FN2O/c1-3-15(22)11-21-7-6-17-18(21)9-14(10-20-17)13-4-5-16(19)12(2)8-13/h4-10H,3,11H2,1-2H3. The summed E-state index contributed by atoms with van der Waals surface area (Å²) >= 11 is 0. The van der Waals surface area contributed by atoms with Gasteiger partial charge in [-0.15, -0.1) is 0 Å². The van der Waals surface area contributed by atoms with Crippen LogP contribution in [0.5, 0.6) is 0 Å². The fourth-order valence-corrected chi connectivity index (χ4v) is 2.48. The van der Waals surface area contributed by atoms with Gasteiger partial charge in [-0.3, -0.25) is 9.78 Å². The first-order valence-corrected chi connectivity index (χ1v) is 7.31. The molecule has 0 unspecified atom stereocenters. The van der Waals surface area contributed by atoms with Gasteiger partial charge in [-0.05, 0) is 42.3 Å². The molecule has 112 valence electrons. The van der Waals surface area contributed by atoms with Gasteiger partial charge in [0, 0.05) is 24.4 Å². The summed E-state index contributed by atoms with van der Waals surface area (Å²) in [6, 6.07) is 8.92. The van der Waals surface area contributed by atoms with Gasteiger partial charge in [-0.25, -0.2) is 4.39 Å². The summed E-state index contributed by atoms with van der Waals surface area (Å²) in [4.78, 5) is 16.1. The summed E-state index contributed by atoms with van der Waals surface area (Å²) in [7, 11) is 0. The molecule has 3 rings (SSSR count). The third-order valence-electron chi connectivity index (χ3n) is 3.85. The van der Waals surface area contributed by atoms with Gasteiger partial charge in [-0.1, -0.05) is 13.0 Å². The lowest BCUT2D eigenvalue weighted by Crippen LogP contribution is -2.07.